The molecule has 0 unspecified atom stereocenters. The van der Waals surface area contributed by atoms with E-state index in [1.54, 1.807) is 6.07 Å². The van der Waals surface area contributed by atoms with E-state index in [2.05, 4.69) is 11.8 Å². The number of nitrogens with zero attached hydrogens (tertiary/aromatic N) is 1. The maximum atomic E-state index is 11.8. The third-order valence-corrected chi connectivity index (χ3v) is 3.19. The highest BCUT2D eigenvalue weighted by molar-refractivity contribution is 5.97. The summed E-state index contributed by atoms with van der Waals surface area (Å²) in [5.74, 6) is -0.320. The minimum atomic E-state index is -0.320. The van der Waals surface area contributed by atoms with Crippen LogP contribution in [0.1, 0.15) is 36.5 Å². The van der Waals surface area contributed by atoms with Gasteiger partial charge in [-0.15, -0.1) is 0 Å². The molecule has 0 radical (unpaired) electrons. The number of esters is 1. The van der Waals surface area contributed by atoms with Crippen molar-refractivity contribution in [3.05, 3.63) is 23.8 Å². The number of hydrogen-bond acceptors (Lipinski definition) is 4. The first-order valence-corrected chi connectivity index (χ1v) is 6.41. The molecule has 1 aliphatic rings. The minimum absolute atomic E-state index is 0.320. The van der Waals surface area contributed by atoms with Crippen LogP contribution in [0.2, 0.25) is 0 Å². The first-order chi connectivity index (χ1) is 8.67. The lowest BCUT2D eigenvalue weighted by Gasteiger charge is -2.26. The molecular weight excluding hydrogens is 228 g/mol. The van der Waals surface area contributed by atoms with Gasteiger partial charge in [0.15, 0.2) is 0 Å². The Labute approximate surface area is 108 Å². The molecule has 1 fully saturated rings. The van der Waals surface area contributed by atoms with Crippen LogP contribution in [0.5, 0.6) is 0 Å². The topological polar surface area (TPSA) is 55.6 Å². The largest absolute Gasteiger partial charge is 0.465 e. The van der Waals surface area contributed by atoms with Crippen LogP contribution in [0.3, 0.4) is 0 Å². The molecule has 1 aromatic carbocycles. The van der Waals surface area contributed by atoms with Gasteiger partial charge in [-0.2, -0.15) is 0 Å². The molecule has 0 spiro atoms. The summed E-state index contributed by atoms with van der Waals surface area (Å²) in [6.45, 7) is 3.10. The average molecular weight is 248 g/mol. The van der Waals surface area contributed by atoms with E-state index in [4.69, 9.17) is 10.5 Å². The second kappa shape index (κ2) is 5.29. The second-order valence-corrected chi connectivity index (χ2v) is 4.69. The Morgan fingerprint density at radius 3 is 2.78 bits per heavy atom. The molecule has 0 bridgehead atoms. The first kappa shape index (κ1) is 12.7. The highest BCUT2D eigenvalue weighted by atomic mass is 16.5. The van der Waals surface area contributed by atoms with E-state index in [9.17, 15) is 4.79 Å². The fraction of sp³-hybridized carbons (Fsp3) is 0.500. The summed E-state index contributed by atoms with van der Waals surface area (Å²) >= 11 is 0. The molecule has 0 atom stereocenters. The number of hydrogen-bond donors (Lipinski definition) is 1. The third-order valence-electron chi connectivity index (χ3n) is 3.19. The van der Waals surface area contributed by atoms with E-state index in [0.717, 1.165) is 18.7 Å². The summed E-state index contributed by atoms with van der Waals surface area (Å²) in [5.41, 5.74) is 7.86. The van der Waals surface area contributed by atoms with Gasteiger partial charge in [-0.25, -0.2) is 4.79 Å². The zero-order valence-corrected chi connectivity index (χ0v) is 11.0. The summed E-state index contributed by atoms with van der Waals surface area (Å²) in [7, 11) is 1.40. The fourth-order valence-corrected chi connectivity index (χ4v) is 2.20. The number of carbonyl (C=O) groups excluding carboxylic acids is 1. The average Bonchev–Trinajstić information content (AvgIpc) is 3.19. The molecule has 0 aliphatic heterocycles. The summed E-state index contributed by atoms with van der Waals surface area (Å²) in [6, 6.07) is 6.03. The van der Waals surface area contributed by atoms with Crippen LogP contribution in [0.15, 0.2) is 18.2 Å². The molecule has 4 nitrogen and oxygen atoms in total. The SMILES string of the molecule is CCCN(c1ccc(N)cc1C(=O)OC)C1CC1. The molecule has 1 aromatic rings. The standard InChI is InChI=1S/C14H20N2O2/c1-3-8-16(11-5-6-11)13-7-4-10(15)9-12(13)14(17)18-2/h4,7,9,11H,3,5-6,8,15H2,1-2H3. The number of methoxy groups -OCH3 is 1. The van der Waals surface area contributed by atoms with Gasteiger partial charge in [-0.3, -0.25) is 0 Å². The Kier molecular flexibility index (Phi) is 3.75. The van der Waals surface area contributed by atoms with Crippen molar-refractivity contribution in [2.45, 2.75) is 32.2 Å². The maximum absolute atomic E-state index is 11.8. The smallest absolute Gasteiger partial charge is 0.340 e. The van der Waals surface area contributed by atoms with Gasteiger partial charge < -0.3 is 15.4 Å². The first-order valence-electron chi connectivity index (χ1n) is 6.41. The third kappa shape index (κ3) is 2.58. The van der Waals surface area contributed by atoms with Gasteiger partial charge in [-0.05, 0) is 37.5 Å². The van der Waals surface area contributed by atoms with E-state index in [1.165, 1.54) is 20.0 Å². The summed E-state index contributed by atoms with van der Waals surface area (Å²) < 4.78 is 4.84. The number of nitrogen functional groups attached to an aromatic ring is 1. The van der Waals surface area contributed by atoms with Crippen molar-refractivity contribution in [1.82, 2.24) is 0 Å². The molecular formula is C14H20N2O2. The zero-order valence-electron chi connectivity index (χ0n) is 11.0. The lowest BCUT2D eigenvalue weighted by molar-refractivity contribution is 0.0601. The van der Waals surface area contributed by atoms with Crippen LogP contribution >= 0.6 is 0 Å². The van der Waals surface area contributed by atoms with Gasteiger partial charge in [0.05, 0.1) is 18.4 Å². The van der Waals surface area contributed by atoms with Crippen LogP contribution in [0.25, 0.3) is 0 Å². The van der Waals surface area contributed by atoms with Crippen LogP contribution < -0.4 is 10.6 Å². The lowest BCUT2D eigenvalue weighted by Crippen LogP contribution is -2.28. The minimum Gasteiger partial charge on any atom is -0.465 e. The van der Waals surface area contributed by atoms with Gasteiger partial charge in [-0.1, -0.05) is 6.92 Å². The van der Waals surface area contributed by atoms with Gasteiger partial charge in [0.25, 0.3) is 0 Å². The highest BCUT2D eigenvalue weighted by Gasteiger charge is 2.31. The molecule has 1 saturated carbocycles. The zero-order chi connectivity index (χ0) is 13.1. The number of ether oxygens (including phenoxy) is 1. The van der Waals surface area contributed by atoms with Crippen LogP contribution in [0.4, 0.5) is 11.4 Å². The van der Waals surface area contributed by atoms with Crippen molar-refractivity contribution >= 4 is 17.3 Å². The fourth-order valence-electron chi connectivity index (χ4n) is 2.20. The molecule has 4 heteroatoms. The Hall–Kier alpha value is -1.71. The number of benzene rings is 1. The Bertz CT molecular complexity index is 441. The highest BCUT2D eigenvalue weighted by Crippen LogP contribution is 2.34. The van der Waals surface area contributed by atoms with Crippen molar-refractivity contribution in [1.29, 1.82) is 0 Å². The normalized spacial score (nSPS) is 14.3. The molecule has 1 aliphatic carbocycles. The molecule has 0 saturated heterocycles. The van der Waals surface area contributed by atoms with E-state index in [1.807, 2.05) is 12.1 Å². The molecule has 0 aromatic heterocycles. The summed E-state index contributed by atoms with van der Waals surface area (Å²) in [6.07, 6.45) is 3.46. The number of anilines is 2. The van der Waals surface area contributed by atoms with Crippen molar-refractivity contribution < 1.29 is 9.53 Å². The predicted octanol–water partition coefficient (Wildman–Crippen LogP) is 2.43. The molecule has 0 amide bonds. The molecule has 98 valence electrons. The van der Waals surface area contributed by atoms with Crippen molar-refractivity contribution in [3.8, 4) is 0 Å². The van der Waals surface area contributed by atoms with Crippen molar-refractivity contribution in [2.24, 2.45) is 0 Å². The number of carbonyl (C=O) groups is 1. The van der Waals surface area contributed by atoms with E-state index in [-0.39, 0.29) is 5.97 Å². The van der Waals surface area contributed by atoms with Crippen LogP contribution in [-0.2, 0) is 4.74 Å². The van der Waals surface area contributed by atoms with Gasteiger partial charge in [0.2, 0.25) is 0 Å². The summed E-state index contributed by atoms with van der Waals surface area (Å²) in [5, 5.41) is 0. The Morgan fingerprint density at radius 1 is 1.50 bits per heavy atom. The summed E-state index contributed by atoms with van der Waals surface area (Å²) in [4.78, 5) is 14.1. The van der Waals surface area contributed by atoms with Gasteiger partial charge in [0, 0.05) is 18.3 Å². The van der Waals surface area contributed by atoms with Gasteiger partial charge >= 0.3 is 5.97 Å². The Morgan fingerprint density at radius 2 is 2.22 bits per heavy atom. The monoisotopic (exact) mass is 248 g/mol. The molecule has 2 N–H and O–H groups in total. The Balaban J connectivity index is 2.37. The van der Waals surface area contributed by atoms with E-state index in [0.29, 0.717) is 17.3 Å². The molecule has 2 rings (SSSR count). The van der Waals surface area contributed by atoms with E-state index >= 15 is 0 Å². The lowest BCUT2D eigenvalue weighted by atomic mass is 10.1. The van der Waals surface area contributed by atoms with Crippen molar-refractivity contribution in [2.75, 3.05) is 24.3 Å². The molecule has 0 heterocycles. The second-order valence-electron chi connectivity index (χ2n) is 4.69. The predicted molar refractivity (Wildman–Crippen MR) is 72.9 cm³/mol. The van der Waals surface area contributed by atoms with Crippen LogP contribution in [0, 0.1) is 0 Å². The maximum Gasteiger partial charge on any atom is 0.340 e. The quantitative estimate of drug-likeness (QED) is 0.642. The van der Waals surface area contributed by atoms with Gasteiger partial charge in [0.1, 0.15) is 0 Å². The number of nitrogens with two attached hydrogens (primary N) is 1. The van der Waals surface area contributed by atoms with E-state index < -0.39 is 0 Å². The number of rotatable bonds is 5. The van der Waals surface area contributed by atoms with Crippen molar-refractivity contribution in [3.63, 3.8) is 0 Å². The van der Waals surface area contributed by atoms with Crippen LogP contribution in [-0.4, -0.2) is 25.7 Å². The molecule has 18 heavy (non-hydrogen) atoms.